The number of benzene rings is 2. The van der Waals surface area contributed by atoms with Crippen LogP contribution in [0.25, 0.3) is 11.1 Å². The summed E-state index contributed by atoms with van der Waals surface area (Å²) in [5, 5.41) is 9.18. The van der Waals surface area contributed by atoms with E-state index in [-0.39, 0.29) is 22.9 Å². The summed E-state index contributed by atoms with van der Waals surface area (Å²) in [6.45, 7) is 0.237. The predicted octanol–water partition coefficient (Wildman–Crippen LogP) is 2.24. The Bertz CT molecular complexity index is 1090. The van der Waals surface area contributed by atoms with Gasteiger partial charge in [-0.25, -0.2) is 16.8 Å². The fourth-order valence-electron chi connectivity index (χ4n) is 3.35. The fourth-order valence-corrected chi connectivity index (χ4v) is 5.78. The van der Waals surface area contributed by atoms with Gasteiger partial charge in [-0.2, -0.15) is 4.31 Å². The van der Waals surface area contributed by atoms with Crippen LogP contribution in [-0.2, 0) is 24.7 Å². The van der Waals surface area contributed by atoms with Gasteiger partial charge in [-0.15, -0.1) is 0 Å². The maximum atomic E-state index is 12.9. The van der Waals surface area contributed by atoms with E-state index in [1.165, 1.54) is 22.5 Å². The lowest BCUT2D eigenvalue weighted by atomic mass is 10.0. The summed E-state index contributed by atoms with van der Waals surface area (Å²) < 4.78 is 50.9. The number of piperidine rings is 1. The molecule has 1 saturated heterocycles. The molecule has 1 unspecified atom stereocenters. The van der Waals surface area contributed by atoms with Crippen LogP contribution in [0, 0.1) is 5.92 Å². The highest BCUT2D eigenvalue weighted by atomic mass is 32.2. The van der Waals surface area contributed by atoms with Crippen molar-refractivity contribution >= 4 is 25.8 Å². The third kappa shape index (κ3) is 4.11. The largest absolute Gasteiger partial charge is 0.481 e. The number of carboxylic acid groups (broad SMARTS) is 1. The molecule has 0 aliphatic carbocycles. The van der Waals surface area contributed by atoms with E-state index in [0.717, 1.165) is 6.26 Å². The van der Waals surface area contributed by atoms with Gasteiger partial charge in [0.2, 0.25) is 10.0 Å². The molecule has 0 radical (unpaired) electrons. The number of carboxylic acids is 1. The molecule has 1 fully saturated rings. The zero-order valence-corrected chi connectivity index (χ0v) is 16.9. The van der Waals surface area contributed by atoms with Crippen molar-refractivity contribution in [1.82, 2.24) is 4.31 Å². The summed E-state index contributed by atoms with van der Waals surface area (Å²) >= 11 is 0. The second kappa shape index (κ2) is 7.65. The quantitative estimate of drug-likeness (QED) is 0.790. The Kier molecular flexibility index (Phi) is 5.60. The number of sulfone groups is 1. The maximum absolute atomic E-state index is 12.9. The first-order valence-electron chi connectivity index (χ1n) is 8.73. The van der Waals surface area contributed by atoms with Gasteiger partial charge in [0, 0.05) is 24.9 Å². The summed E-state index contributed by atoms with van der Waals surface area (Å²) in [7, 11) is -7.25. The first kappa shape index (κ1) is 20.5. The second-order valence-electron chi connectivity index (χ2n) is 6.83. The Hall–Kier alpha value is -2.23. The number of nitrogens with zero attached hydrogens (tertiary/aromatic N) is 1. The number of rotatable bonds is 5. The van der Waals surface area contributed by atoms with Crippen molar-refractivity contribution in [2.45, 2.75) is 22.6 Å². The standard InChI is InChI=1S/C19H21NO6S2/c1-27(23,24)18-7-3-2-6-17(18)14-8-10-16(11-9-14)28(25,26)20-12-4-5-15(13-20)19(21)22/h2-3,6-11,15H,4-5,12-13H2,1H3,(H,21,22). The number of hydrogen-bond acceptors (Lipinski definition) is 5. The van der Waals surface area contributed by atoms with E-state index in [0.29, 0.717) is 24.0 Å². The molecule has 150 valence electrons. The van der Waals surface area contributed by atoms with E-state index >= 15 is 0 Å². The molecule has 0 saturated carbocycles. The van der Waals surface area contributed by atoms with E-state index in [2.05, 4.69) is 0 Å². The van der Waals surface area contributed by atoms with Gasteiger partial charge < -0.3 is 5.11 Å². The monoisotopic (exact) mass is 423 g/mol. The van der Waals surface area contributed by atoms with Crippen LogP contribution in [0.4, 0.5) is 0 Å². The number of sulfonamides is 1. The second-order valence-corrected chi connectivity index (χ2v) is 10.8. The molecule has 7 nitrogen and oxygen atoms in total. The predicted molar refractivity (Wildman–Crippen MR) is 104 cm³/mol. The SMILES string of the molecule is CS(=O)(=O)c1ccccc1-c1ccc(S(=O)(=O)N2CCCC(C(=O)O)C2)cc1. The molecule has 28 heavy (non-hydrogen) atoms. The molecule has 1 aliphatic rings. The average molecular weight is 424 g/mol. The molecule has 0 bridgehead atoms. The lowest BCUT2D eigenvalue weighted by Crippen LogP contribution is -2.42. The highest BCUT2D eigenvalue weighted by molar-refractivity contribution is 7.90. The summed E-state index contributed by atoms with van der Waals surface area (Å²) in [6, 6.07) is 12.5. The highest BCUT2D eigenvalue weighted by Gasteiger charge is 2.33. The molecular weight excluding hydrogens is 402 g/mol. The summed E-state index contributed by atoms with van der Waals surface area (Å²) in [6.07, 6.45) is 2.08. The molecule has 0 aromatic heterocycles. The Labute approximate surface area is 164 Å². The zero-order chi connectivity index (χ0) is 20.5. The Morgan fingerprint density at radius 2 is 1.68 bits per heavy atom. The lowest BCUT2D eigenvalue weighted by Gasteiger charge is -2.29. The van der Waals surface area contributed by atoms with Crippen LogP contribution in [-0.4, -0.2) is 51.6 Å². The minimum atomic E-state index is -3.81. The molecule has 2 aromatic carbocycles. The topological polar surface area (TPSA) is 109 Å². The van der Waals surface area contributed by atoms with Gasteiger partial charge >= 0.3 is 5.97 Å². The van der Waals surface area contributed by atoms with Gasteiger partial charge in [-0.3, -0.25) is 4.79 Å². The average Bonchev–Trinajstić information content (AvgIpc) is 2.67. The zero-order valence-electron chi connectivity index (χ0n) is 15.3. The molecule has 1 atom stereocenters. The van der Waals surface area contributed by atoms with E-state index < -0.39 is 31.7 Å². The van der Waals surface area contributed by atoms with Gasteiger partial charge in [0.15, 0.2) is 9.84 Å². The van der Waals surface area contributed by atoms with E-state index in [1.54, 1.807) is 30.3 Å². The van der Waals surface area contributed by atoms with Crippen LogP contribution in [0.3, 0.4) is 0 Å². The molecule has 1 N–H and O–H groups in total. The van der Waals surface area contributed by atoms with Crippen LogP contribution in [0.15, 0.2) is 58.3 Å². The molecule has 9 heteroatoms. The first-order chi connectivity index (χ1) is 13.1. The molecule has 3 rings (SSSR count). The molecule has 0 spiro atoms. The Morgan fingerprint density at radius 1 is 1.04 bits per heavy atom. The highest BCUT2D eigenvalue weighted by Crippen LogP contribution is 2.29. The Balaban J connectivity index is 1.92. The molecule has 2 aromatic rings. The normalized spacial score (nSPS) is 18.7. The summed E-state index contributed by atoms with van der Waals surface area (Å²) in [5.41, 5.74) is 1.08. The van der Waals surface area contributed by atoms with Crippen LogP contribution in [0.1, 0.15) is 12.8 Å². The molecule has 1 aliphatic heterocycles. The van der Waals surface area contributed by atoms with E-state index in [1.807, 2.05) is 0 Å². The van der Waals surface area contributed by atoms with Crippen LogP contribution < -0.4 is 0 Å². The van der Waals surface area contributed by atoms with Crippen molar-refractivity contribution in [3.05, 3.63) is 48.5 Å². The summed E-state index contributed by atoms with van der Waals surface area (Å²) in [4.78, 5) is 11.4. The smallest absolute Gasteiger partial charge is 0.307 e. The third-order valence-corrected chi connectivity index (χ3v) is 7.86. The van der Waals surface area contributed by atoms with Crippen molar-refractivity contribution in [2.24, 2.45) is 5.92 Å². The van der Waals surface area contributed by atoms with Crippen molar-refractivity contribution in [1.29, 1.82) is 0 Å². The van der Waals surface area contributed by atoms with E-state index in [4.69, 9.17) is 0 Å². The van der Waals surface area contributed by atoms with Gasteiger partial charge in [-0.1, -0.05) is 30.3 Å². The minimum absolute atomic E-state index is 0.0453. The van der Waals surface area contributed by atoms with Gasteiger partial charge in [0.1, 0.15) is 0 Å². The third-order valence-electron chi connectivity index (χ3n) is 4.82. The van der Waals surface area contributed by atoms with E-state index in [9.17, 15) is 26.7 Å². The van der Waals surface area contributed by atoms with Crippen molar-refractivity contribution in [3.8, 4) is 11.1 Å². The molecular formula is C19H21NO6S2. The maximum Gasteiger partial charge on any atom is 0.307 e. The van der Waals surface area contributed by atoms with Gasteiger partial charge in [0.25, 0.3) is 0 Å². The lowest BCUT2D eigenvalue weighted by molar-refractivity contribution is -0.142. The Morgan fingerprint density at radius 3 is 2.29 bits per heavy atom. The molecule has 0 amide bonds. The fraction of sp³-hybridized carbons (Fsp3) is 0.316. The molecule has 1 heterocycles. The van der Waals surface area contributed by atoms with Crippen LogP contribution in [0.2, 0.25) is 0 Å². The van der Waals surface area contributed by atoms with Gasteiger partial charge in [0.05, 0.1) is 15.7 Å². The summed E-state index contributed by atoms with van der Waals surface area (Å²) in [5.74, 6) is -1.70. The van der Waals surface area contributed by atoms with Crippen molar-refractivity contribution < 1.29 is 26.7 Å². The minimum Gasteiger partial charge on any atom is -0.481 e. The number of carbonyl (C=O) groups is 1. The van der Waals surface area contributed by atoms with Crippen molar-refractivity contribution in [2.75, 3.05) is 19.3 Å². The first-order valence-corrected chi connectivity index (χ1v) is 12.1. The van der Waals surface area contributed by atoms with Crippen LogP contribution >= 0.6 is 0 Å². The van der Waals surface area contributed by atoms with Crippen molar-refractivity contribution in [3.63, 3.8) is 0 Å². The number of aliphatic carboxylic acids is 1. The number of hydrogen-bond donors (Lipinski definition) is 1. The van der Waals surface area contributed by atoms with Crippen LogP contribution in [0.5, 0.6) is 0 Å². The van der Waals surface area contributed by atoms with Gasteiger partial charge in [-0.05, 0) is 36.6 Å².